The van der Waals surface area contributed by atoms with Crippen molar-refractivity contribution in [3.63, 3.8) is 0 Å². The standard InChI is InChI=1S/C15H23NO3/c1-15(2,3)19-14(18)16-13(9-10-17)11-12-7-5-4-6-8-12/h4-8,13,17H,9-11H2,1-3H3,(H,16,18)/t13-/m0/s1. The van der Waals surface area contributed by atoms with Gasteiger partial charge in [-0.2, -0.15) is 0 Å². The maximum absolute atomic E-state index is 11.7. The maximum Gasteiger partial charge on any atom is 0.407 e. The molecule has 2 N–H and O–H groups in total. The number of hydrogen-bond donors (Lipinski definition) is 2. The van der Waals surface area contributed by atoms with Gasteiger partial charge in [-0.1, -0.05) is 30.3 Å². The van der Waals surface area contributed by atoms with Crippen LogP contribution in [0.4, 0.5) is 4.79 Å². The molecule has 1 amide bonds. The van der Waals surface area contributed by atoms with Crippen molar-refractivity contribution in [1.29, 1.82) is 0 Å². The molecule has 0 bridgehead atoms. The first-order chi connectivity index (χ1) is 8.90. The first-order valence-electron chi connectivity index (χ1n) is 6.55. The molecule has 0 saturated carbocycles. The molecule has 0 aliphatic rings. The number of aliphatic hydroxyl groups is 1. The second-order valence-corrected chi connectivity index (χ2v) is 5.55. The van der Waals surface area contributed by atoms with E-state index in [9.17, 15) is 4.79 Å². The van der Waals surface area contributed by atoms with Crippen molar-refractivity contribution in [2.24, 2.45) is 0 Å². The number of hydrogen-bond acceptors (Lipinski definition) is 3. The average Bonchev–Trinajstić information content (AvgIpc) is 2.27. The minimum atomic E-state index is -0.513. The number of carbonyl (C=O) groups excluding carboxylic acids is 1. The molecule has 0 radical (unpaired) electrons. The molecule has 1 aromatic carbocycles. The highest BCUT2D eigenvalue weighted by Gasteiger charge is 2.19. The van der Waals surface area contributed by atoms with E-state index in [1.807, 2.05) is 51.1 Å². The third kappa shape index (κ3) is 6.82. The molecule has 4 heteroatoms. The largest absolute Gasteiger partial charge is 0.444 e. The zero-order valence-electron chi connectivity index (χ0n) is 11.8. The lowest BCUT2D eigenvalue weighted by molar-refractivity contribution is 0.0497. The van der Waals surface area contributed by atoms with Crippen LogP contribution in [0.25, 0.3) is 0 Å². The fourth-order valence-electron chi connectivity index (χ4n) is 1.75. The van der Waals surface area contributed by atoms with Crippen LogP contribution in [0.2, 0.25) is 0 Å². The Kier molecular flexibility index (Phi) is 5.83. The molecule has 0 saturated heterocycles. The van der Waals surface area contributed by atoms with Gasteiger partial charge in [0.25, 0.3) is 0 Å². The van der Waals surface area contributed by atoms with Gasteiger partial charge in [-0.15, -0.1) is 0 Å². The molecule has 0 spiro atoms. The molecule has 1 atom stereocenters. The highest BCUT2D eigenvalue weighted by molar-refractivity contribution is 5.68. The second-order valence-electron chi connectivity index (χ2n) is 5.55. The van der Waals surface area contributed by atoms with E-state index >= 15 is 0 Å². The van der Waals surface area contributed by atoms with Crippen LogP contribution in [0, 0.1) is 0 Å². The van der Waals surface area contributed by atoms with Gasteiger partial charge in [-0.05, 0) is 39.2 Å². The molecule has 0 heterocycles. The van der Waals surface area contributed by atoms with Crippen LogP contribution in [-0.4, -0.2) is 29.4 Å². The summed E-state index contributed by atoms with van der Waals surface area (Å²) in [7, 11) is 0. The van der Waals surface area contributed by atoms with Crippen LogP contribution in [0.1, 0.15) is 32.8 Å². The number of aliphatic hydroxyl groups excluding tert-OH is 1. The molecule has 0 aromatic heterocycles. The van der Waals surface area contributed by atoms with E-state index in [1.165, 1.54) is 0 Å². The Morgan fingerprint density at radius 3 is 2.47 bits per heavy atom. The molecule has 0 aliphatic heterocycles. The number of benzene rings is 1. The molecule has 0 aliphatic carbocycles. The van der Waals surface area contributed by atoms with Crippen LogP contribution in [0.3, 0.4) is 0 Å². The van der Waals surface area contributed by atoms with Crippen molar-refractivity contribution in [1.82, 2.24) is 5.32 Å². The molecule has 106 valence electrons. The lowest BCUT2D eigenvalue weighted by Crippen LogP contribution is -2.40. The molecular weight excluding hydrogens is 242 g/mol. The van der Waals surface area contributed by atoms with Crippen LogP contribution in [0.5, 0.6) is 0 Å². The summed E-state index contributed by atoms with van der Waals surface area (Å²) in [6.07, 6.45) is 0.747. The fourth-order valence-corrected chi connectivity index (χ4v) is 1.75. The predicted molar refractivity (Wildman–Crippen MR) is 75.0 cm³/mol. The Labute approximate surface area is 114 Å². The van der Waals surface area contributed by atoms with Gasteiger partial charge in [-0.25, -0.2) is 4.79 Å². The van der Waals surface area contributed by atoms with E-state index in [0.717, 1.165) is 5.56 Å². The van der Waals surface area contributed by atoms with Gasteiger partial charge in [0.05, 0.1) is 0 Å². The quantitative estimate of drug-likeness (QED) is 0.860. The topological polar surface area (TPSA) is 58.6 Å². The normalized spacial score (nSPS) is 12.8. The van der Waals surface area contributed by atoms with Crippen molar-refractivity contribution in [3.8, 4) is 0 Å². The molecule has 4 nitrogen and oxygen atoms in total. The second kappa shape index (κ2) is 7.14. The first-order valence-corrected chi connectivity index (χ1v) is 6.55. The smallest absolute Gasteiger partial charge is 0.407 e. The Balaban J connectivity index is 2.55. The zero-order valence-corrected chi connectivity index (χ0v) is 11.8. The third-order valence-electron chi connectivity index (χ3n) is 2.52. The number of ether oxygens (including phenoxy) is 1. The van der Waals surface area contributed by atoms with Crippen molar-refractivity contribution in [3.05, 3.63) is 35.9 Å². The van der Waals surface area contributed by atoms with Crippen molar-refractivity contribution in [2.75, 3.05) is 6.61 Å². The van der Waals surface area contributed by atoms with Crippen LogP contribution < -0.4 is 5.32 Å². The van der Waals surface area contributed by atoms with E-state index in [1.54, 1.807) is 0 Å². The average molecular weight is 265 g/mol. The predicted octanol–water partition coefficient (Wildman–Crippen LogP) is 2.50. The van der Waals surface area contributed by atoms with Gasteiger partial charge in [-0.3, -0.25) is 0 Å². The first kappa shape index (κ1) is 15.5. The summed E-state index contributed by atoms with van der Waals surface area (Å²) in [5.41, 5.74) is 0.609. The fraction of sp³-hybridized carbons (Fsp3) is 0.533. The van der Waals surface area contributed by atoms with Crippen molar-refractivity contribution in [2.45, 2.75) is 45.3 Å². The lowest BCUT2D eigenvalue weighted by atomic mass is 10.0. The SMILES string of the molecule is CC(C)(C)OC(=O)N[C@@H](CCO)Cc1ccccc1. The molecule has 19 heavy (non-hydrogen) atoms. The molecule has 0 unspecified atom stereocenters. The van der Waals surface area contributed by atoms with E-state index < -0.39 is 11.7 Å². The van der Waals surface area contributed by atoms with Crippen LogP contribution in [0.15, 0.2) is 30.3 Å². The van der Waals surface area contributed by atoms with Crippen LogP contribution in [-0.2, 0) is 11.2 Å². The van der Waals surface area contributed by atoms with Gasteiger partial charge >= 0.3 is 6.09 Å². The Morgan fingerprint density at radius 2 is 1.95 bits per heavy atom. The highest BCUT2D eigenvalue weighted by Crippen LogP contribution is 2.09. The van der Waals surface area contributed by atoms with Crippen LogP contribution >= 0.6 is 0 Å². The van der Waals surface area contributed by atoms with Gasteiger partial charge in [0.2, 0.25) is 0 Å². The summed E-state index contributed by atoms with van der Waals surface area (Å²) < 4.78 is 5.22. The van der Waals surface area contributed by atoms with Gasteiger partial charge in [0.1, 0.15) is 5.60 Å². The number of rotatable bonds is 5. The molecule has 0 fully saturated rings. The summed E-state index contributed by atoms with van der Waals surface area (Å²) in [4.78, 5) is 11.7. The zero-order chi connectivity index (χ0) is 14.3. The third-order valence-corrected chi connectivity index (χ3v) is 2.52. The van der Waals surface area contributed by atoms with E-state index in [-0.39, 0.29) is 12.6 Å². The summed E-state index contributed by atoms with van der Waals surface area (Å²) >= 11 is 0. The summed E-state index contributed by atoms with van der Waals surface area (Å²) in [5.74, 6) is 0. The molecular formula is C15H23NO3. The molecule has 1 aromatic rings. The van der Waals surface area contributed by atoms with Gasteiger partial charge in [0, 0.05) is 12.6 Å². The minimum absolute atomic E-state index is 0.0350. The lowest BCUT2D eigenvalue weighted by Gasteiger charge is -2.23. The summed E-state index contributed by atoms with van der Waals surface area (Å²) in [5, 5.41) is 11.9. The van der Waals surface area contributed by atoms with Crippen molar-refractivity contribution < 1.29 is 14.6 Å². The number of amides is 1. The summed E-state index contributed by atoms with van der Waals surface area (Å²) in [6.45, 7) is 5.51. The number of carbonyl (C=O) groups is 1. The minimum Gasteiger partial charge on any atom is -0.444 e. The van der Waals surface area contributed by atoms with Gasteiger partial charge < -0.3 is 15.2 Å². The Bertz CT molecular complexity index is 384. The van der Waals surface area contributed by atoms with E-state index in [0.29, 0.717) is 12.8 Å². The van der Waals surface area contributed by atoms with Crippen molar-refractivity contribution >= 4 is 6.09 Å². The highest BCUT2D eigenvalue weighted by atomic mass is 16.6. The van der Waals surface area contributed by atoms with Gasteiger partial charge in [0.15, 0.2) is 0 Å². The number of alkyl carbamates (subject to hydrolysis) is 1. The Morgan fingerprint density at radius 1 is 1.32 bits per heavy atom. The molecule has 1 rings (SSSR count). The number of nitrogens with one attached hydrogen (secondary N) is 1. The summed E-state index contributed by atoms with van der Waals surface area (Å²) in [6, 6.07) is 9.74. The Hall–Kier alpha value is -1.55. The monoisotopic (exact) mass is 265 g/mol. The van der Waals surface area contributed by atoms with E-state index in [2.05, 4.69) is 5.32 Å². The van der Waals surface area contributed by atoms with E-state index in [4.69, 9.17) is 9.84 Å². The maximum atomic E-state index is 11.7.